The zero-order valence-corrected chi connectivity index (χ0v) is 17.6. The molecule has 4 rings (SSSR count). The van der Waals surface area contributed by atoms with Gasteiger partial charge in [0.05, 0.1) is 18.1 Å². The fourth-order valence-electron chi connectivity index (χ4n) is 4.51. The van der Waals surface area contributed by atoms with E-state index in [0.717, 1.165) is 4.90 Å². The van der Waals surface area contributed by atoms with Crippen molar-refractivity contribution in [2.75, 3.05) is 31.2 Å². The lowest BCUT2D eigenvalue weighted by Crippen LogP contribution is -2.49. The SMILES string of the molecule is CCCN(C(=O)CN1C(=O)N[C@]2(CCOc3ccccc32)C1=O)[C@@H]1CCS(=O)(=O)C1. The molecule has 0 bridgehead atoms. The van der Waals surface area contributed by atoms with E-state index in [2.05, 4.69) is 5.32 Å². The highest BCUT2D eigenvalue weighted by atomic mass is 32.2. The number of amides is 4. The number of para-hydroxylation sites is 1. The Hall–Kier alpha value is -2.62. The molecule has 9 nitrogen and oxygen atoms in total. The predicted octanol–water partition coefficient (Wildman–Crippen LogP) is 0.642. The zero-order chi connectivity index (χ0) is 21.5. The molecule has 2 saturated heterocycles. The van der Waals surface area contributed by atoms with Crippen LogP contribution in [0.2, 0.25) is 0 Å². The topological polar surface area (TPSA) is 113 Å². The molecule has 3 aliphatic rings. The number of fused-ring (bicyclic) bond motifs is 2. The van der Waals surface area contributed by atoms with E-state index in [-0.39, 0.29) is 24.5 Å². The second kappa shape index (κ2) is 7.57. The monoisotopic (exact) mass is 435 g/mol. The Balaban J connectivity index is 1.56. The number of benzene rings is 1. The molecule has 3 heterocycles. The van der Waals surface area contributed by atoms with Crippen LogP contribution < -0.4 is 10.1 Å². The fourth-order valence-corrected chi connectivity index (χ4v) is 6.25. The fraction of sp³-hybridized carbons (Fsp3) is 0.550. The first-order chi connectivity index (χ1) is 14.3. The van der Waals surface area contributed by atoms with E-state index in [0.29, 0.717) is 30.7 Å². The third-order valence-corrected chi connectivity index (χ3v) is 7.73. The average Bonchev–Trinajstić information content (AvgIpc) is 3.18. The Kier molecular flexibility index (Phi) is 5.21. The first-order valence-electron chi connectivity index (χ1n) is 10.1. The van der Waals surface area contributed by atoms with E-state index < -0.39 is 45.8 Å². The van der Waals surface area contributed by atoms with Crippen LogP contribution in [0, 0.1) is 0 Å². The summed E-state index contributed by atoms with van der Waals surface area (Å²) in [7, 11) is -3.16. The van der Waals surface area contributed by atoms with Crippen molar-refractivity contribution < 1.29 is 27.5 Å². The molecule has 162 valence electrons. The lowest BCUT2D eigenvalue weighted by molar-refractivity contribution is -0.140. The van der Waals surface area contributed by atoms with Crippen molar-refractivity contribution in [3.05, 3.63) is 29.8 Å². The Morgan fingerprint density at radius 2 is 2.10 bits per heavy atom. The molecule has 3 aliphatic heterocycles. The molecule has 1 N–H and O–H groups in total. The van der Waals surface area contributed by atoms with Crippen LogP contribution in [0.3, 0.4) is 0 Å². The normalized spacial score (nSPS) is 27.0. The summed E-state index contributed by atoms with van der Waals surface area (Å²) in [5.41, 5.74) is -0.657. The minimum Gasteiger partial charge on any atom is -0.493 e. The molecular weight excluding hydrogens is 410 g/mol. The van der Waals surface area contributed by atoms with Crippen molar-refractivity contribution in [3.8, 4) is 5.75 Å². The lowest BCUT2D eigenvalue weighted by atomic mass is 9.84. The molecule has 1 aromatic rings. The summed E-state index contributed by atoms with van der Waals surface area (Å²) < 4.78 is 29.3. The van der Waals surface area contributed by atoms with Gasteiger partial charge in [0.1, 0.15) is 12.3 Å². The molecule has 0 unspecified atom stereocenters. The second-order valence-electron chi connectivity index (χ2n) is 7.97. The maximum Gasteiger partial charge on any atom is 0.325 e. The first-order valence-corrected chi connectivity index (χ1v) is 12.0. The van der Waals surface area contributed by atoms with Crippen molar-refractivity contribution in [3.63, 3.8) is 0 Å². The first kappa shape index (κ1) is 20.6. The van der Waals surface area contributed by atoms with Gasteiger partial charge in [-0.05, 0) is 18.9 Å². The van der Waals surface area contributed by atoms with Crippen LogP contribution in [0.5, 0.6) is 5.75 Å². The third-order valence-electron chi connectivity index (χ3n) is 5.98. The number of sulfone groups is 1. The summed E-state index contributed by atoms with van der Waals surface area (Å²) in [4.78, 5) is 41.5. The van der Waals surface area contributed by atoms with E-state index >= 15 is 0 Å². The largest absolute Gasteiger partial charge is 0.493 e. The summed E-state index contributed by atoms with van der Waals surface area (Å²) in [6.07, 6.45) is 1.30. The molecule has 0 radical (unpaired) electrons. The molecular formula is C20H25N3O6S. The number of hydrogen-bond acceptors (Lipinski definition) is 6. The lowest BCUT2D eigenvalue weighted by Gasteiger charge is -2.33. The third kappa shape index (κ3) is 3.42. The van der Waals surface area contributed by atoms with Gasteiger partial charge in [-0.1, -0.05) is 25.1 Å². The van der Waals surface area contributed by atoms with E-state index in [1.165, 1.54) is 4.90 Å². The van der Waals surface area contributed by atoms with E-state index in [1.807, 2.05) is 6.92 Å². The predicted molar refractivity (Wildman–Crippen MR) is 108 cm³/mol. The summed E-state index contributed by atoms with van der Waals surface area (Å²) >= 11 is 0. The Morgan fingerprint density at radius 3 is 2.80 bits per heavy atom. The second-order valence-corrected chi connectivity index (χ2v) is 10.2. The number of hydrogen-bond donors (Lipinski definition) is 1. The minimum atomic E-state index is -3.16. The van der Waals surface area contributed by atoms with Crippen LogP contribution >= 0.6 is 0 Å². The van der Waals surface area contributed by atoms with Crippen molar-refractivity contribution in [1.29, 1.82) is 0 Å². The van der Waals surface area contributed by atoms with E-state index in [9.17, 15) is 22.8 Å². The Labute approximate surface area is 175 Å². The molecule has 10 heteroatoms. The number of carbonyl (C=O) groups excluding carboxylic acids is 3. The van der Waals surface area contributed by atoms with Gasteiger partial charge in [-0.3, -0.25) is 14.5 Å². The summed E-state index contributed by atoms with van der Waals surface area (Å²) in [6, 6.07) is 6.00. The number of ether oxygens (including phenoxy) is 1. The highest BCUT2D eigenvalue weighted by Gasteiger charge is 2.55. The summed E-state index contributed by atoms with van der Waals surface area (Å²) in [5.74, 6) is -0.386. The molecule has 0 saturated carbocycles. The molecule has 2 atom stereocenters. The highest BCUT2D eigenvalue weighted by molar-refractivity contribution is 7.91. The van der Waals surface area contributed by atoms with Gasteiger partial charge < -0.3 is 15.0 Å². The van der Waals surface area contributed by atoms with Crippen LogP contribution in [-0.2, 0) is 25.0 Å². The summed E-state index contributed by atoms with van der Waals surface area (Å²) in [5, 5.41) is 2.78. The van der Waals surface area contributed by atoms with Gasteiger partial charge in [0.25, 0.3) is 5.91 Å². The summed E-state index contributed by atoms with van der Waals surface area (Å²) in [6.45, 7) is 2.13. The van der Waals surface area contributed by atoms with Gasteiger partial charge in [0, 0.05) is 24.6 Å². The highest BCUT2D eigenvalue weighted by Crippen LogP contribution is 2.41. The Morgan fingerprint density at radius 1 is 1.33 bits per heavy atom. The van der Waals surface area contributed by atoms with Gasteiger partial charge >= 0.3 is 6.03 Å². The average molecular weight is 436 g/mol. The molecule has 2 fully saturated rings. The molecule has 30 heavy (non-hydrogen) atoms. The van der Waals surface area contributed by atoms with Gasteiger partial charge in [0.2, 0.25) is 5.91 Å². The van der Waals surface area contributed by atoms with Crippen molar-refractivity contribution in [2.24, 2.45) is 0 Å². The number of rotatable bonds is 5. The van der Waals surface area contributed by atoms with Crippen LogP contribution in [0.1, 0.15) is 31.7 Å². The van der Waals surface area contributed by atoms with Crippen molar-refractivity contribution in [2.45, 2.75) is 37.8 Å². The molecule has 4 amide bonds. The van der Waals surface area contributed by atoms with Gasteiger partial charge in [-0.2, -0.15) is 0 Å². The molecule has 1 aromatic carbocycles. The standard InChI is InChI=1S/C20H25N3O6S/c1-2-9-22(14-7-11-30(27,28)13-14)17(24)12-23-18(25)20(21-19(23)26)8-10-29-16-6-4-3-5-15(16)20/h3-6,14H,2,7-13H2,1H3,(H,21,26)/t14-,20+/m1/s1. The van der Waals surface area contributed by atoms with Crippen molar-refractivity contribution >= 4 is 27.7 Å². The quantitative estimate of drug-likeness (QED) is 0.679. The molecule has 1 spiro atoms. The van der Waals surface area contributed by atoms with Gasteiger partial charge in [0.15, 0.2) is 15.4 Å². The van der Waals surface area contributed by atoms with Crippen LogP contribution in [0.25, 0.3) is 0 Å². The van der Waals surface area contributed by atoms with Crippen LogP contribution in [0.4, 0.5) is 4.79 Å². The maximum absolute atomic E-state index is 13.3. The number of nitrogens with one attached hydrogen (secondary N) is 1. The van der Waals surface area contributed by atoms with Gasteiger partial charge in [-0.25, -0.2) is 13.2 Å². The smallest absolute Gasteiger partial charge is 0.325 e. The number of nitrogens with zero attached hydrogens (tertiary/aromatic N) is 2. The van der Waals surface area contributed by atoms with Crippen molar-refractivity contribution in [1.82, 2.24) is 15.1 Å². The Bertz CT molecular complexity index is 994. The minimum absolute atomic E-state index is 0.0498. The number of urea groups is 1. The van der Waals surface area contributed by atoms with Crippen LogP contribution in [0.15, 0.2) is 24.3 Å². The van der Waals surface area contributed by atoms with E-state index in [4.69, 9.17) is 4.74 Å². The number of carbonyl (C=O) groups is 3. The van der Waals surface area contributed by atoms with Gasteiger partial charge in [-0.15, -0.1) is 0 Å². The van der Waals surface area contributed by atoms with E-state index in [1.54, 1.807) is 24.3 Å². The zero-order valence-electron chi connectivity index (χ0n) is 16.8. The number of imide groups is 1. The van der Waals surface area contributed by atoms with Crippen LogP contribution in [-0.4, -0.2) is 73.3 Å². The maximum atomic E-state index is 13.3. The molecule has 0 aliphatic carbocycles. The molecule has 0 aromatic heterocycles.